The molecule has 1 nitrogen and oxygen atoms in total. The van der Waals surface area contributed by atoms with Crippen LogP contribution in [0.2, 0.25) is 18.1 Å². The average Bonchev–Trinajstić information content (AvgIpc) is 2.79. The predicted octanol–water partition coefficient (Wildman–Crippen LogP) is 4.86. The van der Waals surface area contributed by atoms with Gasteiger partial charge in [-0.15, -0.1) is 0 Å². The first-order valence-corrected chi connectivity index (χ1v) is 9.70. The van der Waals surface area contributed by atoms with Crippen molar-refractivity contribution in [2.45, 2.75) is 50.5 Å². The predicted molar refractivity (Wildman–Crippen MR) is 80.2 cm³/mol. The first-order valence-electron chi connectivity index (χ1n) is 6.70. The van der Waals surface area contributed by atoms with E-state index in [1.54, 1.807) is 0 Å². The van der Waals surface area contributed by atoms with Gasteiger partial charge in [-0.3, -0.25) is 0 Å². The molecule has 0 saturated heterocycles. The molecule has 2 heteroatoms. The fraction of sp³-hybridized carbons (Fsp3) is 0.500. The lowest BCUT2D eigenvalue weighted by Gasteiger charge is -2.49. The minimum absolute atomic E-state index is 0.105. The van der Waals surface area contributed by atoms with Crippen LogP contribution in [0.4, 0.5) is 0 Å². The summed E-state index contributed by atoms with van der Waals surface area (Å²) < 4.78 is 6.20. The minimum Gasteiger partial charge on any atom is -0.494 e. The lowest BCUT2D eigenvalue weighted by molar-refractivity contribution is 0.109. The maximum Gasteiger partial charge on any atom is 0.123 e. The molecule has 1 unspecified atom stereocenters. The van der Waals surface area contributed by atoms with Crippen LogP contribution in [0.15, 0.2) is 42.7 Å². The molecule has 0 aliphatic carbocycles. The van der Waals surface area contributed by atoms with Crippen LogP contribution in [0.1, 0.15) is 32.8 Å². The third-order valence-electron chi connectivity index (χ3n) is 4.90. The molecule has 0 aromatic heterocycles. The molecule has 0 radical (unpaired) electrons. The summed E-state index contributed by atoms with van der Waals surface area (Å²) in [6.45, 7) is 12.0. The van der Waals surface area contributed by atoms with E-state index in [2.05, 4.69) is 70.3 Å². The molecular formula is C16H24OSi. The van der Waals surface area contributed by atoms with Crippen molar-refractivity contribution in [2.24, 2.45) is 0 Å². The van der Waals surface area contributed by atoms with Crippen molar-refractivity contribution in [3.63, 3.8) is 0 Å². The summed E-state index contributed by atoms with van der Waals surface area (Å²) in [5.74, 6) is 0. The van der Waals surface area contributed by atoms with Crippen molar-refractivity contribution < 1.29 is 4.74 Å². The molecule has 0 N–H and O–H groups in total. The van der Waals surface area contributed by atoms with Crippen LogP contribution >= 0.6 is 0 Å². The SMILES string of the molecule is CC(C)(C)[Si](C)(C)C1(c2ccccc2)CC=CO1. The van der Waals surface area contributed by atoms with Crippen LogP contribution in [0, 0.1) is 0 Å². The Bertz CT molecular complexity index is 432. The van der Waals surface area contributed by atoms with Crippen molar-refractivity contribution in [1.29, 1.82) is 0 Å². The van der Waals surface area contributed by atoms with Gasteiger partial charge in [0.2, 0.25) is 0 Å². The van der Waals surface area contributed by atoms with Crippen molar-refractivity contribution in [3.8, 4) is 0 Å². The molecule has 0 bridgehead atoms. The third kappa shape index (κ3) is 1.83. The van der Waals surface area contributed by atoms with E-state index in [0.29, 0.717) is 5.04 Å². The summed E-state index contributed by atoms with van der Waals surface area (Å²) in [6, 6.07) is 10.7. The maximum absolute atomic E-state index is 6.20. The van der Waals surface area contributed by atoms with Gasteiger partial charge in [0, 0.05) is 6.42 Å². The van der Waals surface area contributed by atoms with Crippen LogP contribution in [0.5, 0.6) is 0 Å². The van der Waals surface area contributed by atoms with Crippen LogP contribution in [0.3, 0.4) is 0 Å². The van der Waals surface area contributed by atoms with E-state index >= 15 is 0 Å². The van der Waals surface area contributed by atoms with Gasteiger partial charge in [0.1, 0.15) is 13.3 Å². The van der Waals surface area contributed by atoms with Gasteiger partial charge in [-0.1, -0.05) is 64.2 Å². The molecule has 98 valence electrons. The number of hydrogen-bond acceptors (Lipinski definition) is 1. The zero-order valence-corrected chi connectivity index (χ0v) is 13.2. The molecule has 1 aliphatic heterocycles. The average molecular weight is 260 g/mol. The topological polar surface area (TPSA) is 9.23 Å². The van der Waals surface area contributed by atoms with Gasteiger partial charge in [-0.25, -0.2) is 0 Å². The highest BCUT2D eigenvalue weighted by molar-refractivity contribution is 6.82. The Morgan fingerprint density at radius 1 is 1.11 bits per heavy atom. The number of hydrogen-bond donors (Lipinski definition) is 0. The second-order valence-corrected chi connectivity index (χ2v) is 12.3. The van der Waals surface area contributed by atoms with Gasteiger partial charge in [0.15, 0.2) is 0 Å². The van der Waals surface area contributed by atoms with Gasteiger partial charge in [0.25, 0.3) is 0 Å². The summed E-state index contributed by atoms with van der Waals surface area (Å²) in [4.78, 5) is 0. The first-order chi connectivity index (χ1) is 8.31. The molecule has 18 heavy (non-hydrogen) atoms. The molecule has 0 spiro atoms. The lowest BCUT2D eigenvalue weighted by atomic mass is 10.1. The Morgan fingerprint density at radius 3 is 2.17 bits per heavy atom. The molecule has 1 atom stereocenters. The van der Waals surface area contributed by atoms with Gasteiger partial charge in [-0.05, 0) is 16.7 Å². The van der Waals surface area contributed by atoms with Crippen molar-refractivity contribution in [2.75, 3.05) is 0 Å². The zero-order valence-electron chi connectivity index (χ0n) is 12.2. The second-order valence-electron chi connectivity index (χ2n) is 6.76. The summed E-state index contributed by atoms with van der Waals surface area (Å²) in [6.07, 6.45) is 5.08. The van der Waals surface area contributed by atoms with Crippen molar-refractivity contribution >= 4 is 8.07 Å². The molecular weight excluding hydrogens is 236 g/mol. The maximum atomic E-state index is 6.20. The Morgan fingerprint density at radius 2 is 1.72 bits per heavy atom. The minimum atomic E-state index is -1.65. The standard InChI is InChI=1S/C16H24OSi/c1-15(2,3)18(4,5)16(12-9-13-17-16)14-10-7-6-8-11-14/h6-11,13H,12H2,1-5H3. The molecule has 2 rings (SSSR count). The summed E-state index contributed by atoms with van der Waals surface area (Å²) in [7, 11) is -1.65. The van der Waals surface area contributed by atoms with Crippen molar-refractivity contribution in [1.82, 2.24) is 0 Å². The lowest BCUT2D eigenvalue weighted by Crippen LogP contribution is -2.57. The Labute approximate surface area is 112 Å². The van der Waals surface area contributed by atoms with E-state index < -0.39 is 8.07 Å². The van der Waals surface area contributed by atoms with Gasteiger partial charge in [0.05, 0.1) is 6.26 Å². The highest BCUT2D eigenvalue weighted by Gasteiger charge is 2.56. The fourth-order valence-corrected chi connectivity index (χ4v) is 5.78. The number of rotatable bonds is 2. The molecule has 0 amide bonds. The normalized spacial score (nSPS) is 24.1. The van der Waals surface area contributed by atoms with E-state index in [1.807, 2.05) is 6.26 Å². The quantitative estimate of drug-likeness (QED) is 0.690. The van der Waals surface area contributed by atoms with Gasteiger partial charge < -0.3 is 4.74 Å². The Balaban J connectivity index is 2.53. The largest absolute Gasteiger partial charge is 0.494 e. The monoisotopic (exact) mass is 260 g/mol. The number of ether oxygens (including phenoxy) is 1. The Hall–Kier alpha value is -1.02. The van der Waals surface area contributed by atoms with Crippen molar-refractivity contribution in [3.05, 3.63) is 48.2 Å². The fourth-order valence-electron chi connectivity index (χ4n) is 2.69. The van der Waals surface area contributed by atoms with Crippen LogP contribution < -0.4 is 0 Å². The van der Waals surface area contributed by atoms with E-state index in [9.17, 15) is 0 Å². The highest BCUT2D eigenvalue weighted by Crippen LogP contribution is 2.52. The molecule has 1 aliphatic rings. The summed E-state index contributed by atoms with van der Waals surface area (Å²) in [5.41, 5.74) is 1.33. The van der Waals surface area contributed by atoms with Crippen LogP contribution in [-0.2, 0) is 9.96 Å². The van der Waals surface area contributed by atoms with Gasteiger partial charge >= 0.3 is 0 Å². The van der Waals surface area contributed by atoms with Gasteiger partial charge in [-0.2, -0.15) is 0 Å². The summed E-state index contributed by atoms with van der Waals surface area (Å²) >= 11 is 0. The molecule has 1 aromatic carbocycles. The van der Waals surface area contributed by atoms with E-state index in [1.165, 1.54) is 5.56 Å². The molecule has 1 heterocycles. The second kappa shape index (κ2) is 4.27. The van der Waals surface area contributed by atoms with Crippen LogP contribution in [0.25, 0.3) is 0 Å². The number of benzene rings is 1. The summed E-state index contributed by atoms with van der Waals surface area (Å²) in [5, 5.41) is 0.196. The highest BCUT2D eigenvalue weighted by atomic mass is 28.3. The van der Waals surface area contributed by atoms with E-state index in [0.717, 1.165) is 6.42 Å². The van der Waals surface area contributed by atoms with Crippen LogP contribution in [-0.4, -0.2) is 8.07 Å². The zero-order chi connectivity index (χ0) is 13.4. The molecule has 1 aromatic rings. The van der Waals surface area contributed by atoms with E-state index in [-0.39, 0.29) is 5.22 Å². The third-order valence-corrected chi connectivity index (χ3v) is 11.3. The Kier molecular flexibility index (Phi) is 3.18. The smallest absolute Gasteiger partial charge is 0.123 e. The van der Waals surface area contributed by atoms with E-state index in [4.69, 9.17) is 4.74 Å². The first kappa shape index (κ1) is 13.4. The molecule has 0 fully saturated rings. The molecule has 0 saturated carbocycles.